The van der Waals surface area contributed by atoms with E-state index in [9.17, 15) is 14.4 Å². The van der Waals surface area contributed by atoms with Crippen LogP contribution in [0.4, 0.5) is 10.5 Å². The van der Waals surface area contributed by atoms with Crippen LogP contribution >= 0.6 is 50.7 Å². The average molecular weight is 715 g/mol. The van der Waals surface area contributed by atoms with Gasteiger partial charge in [0.1, 0.15) is 12.2 Å². The lowest BCUT2D eigenvalue weighted by Crippen LogP contribution is -2.54. The summed E-state index contributed by atoms with van der Waals surface area (Å²) in [6.07, 6.45) is 9.16. The van der Waals surface area contributed by atoms with E-state index in [1.165, 1.54) is 50.2 Å². The van der Waals surface area contributed by atoms with Crippen molar-refractivity contribution in [2.75, 3.05) is 4.90 Å². The number of halogens is 4. The second kappa shape index (κ2) is 11.5. The third kappa shape index (κ3) is 5.46. The number of anilines is 1. The van der Waals surface area contributed by atoms with Gasteiger partial charge in [-0.3, -0.25) is 14.9 Å². The van der Waals surface area contributed by atoms with Gasteiger partial charge in [0.2, 0.25) is 0 Å². The van der Waals surface area contributed by atoms with Crippen LogP contribution in [0.1, 0.15) is 55.2 Å². The van der Waals surface area contributed by atoms with Crippen molar-refractivity contribution < 1.29 is 19.1 Å². The van der Waals surface area contributed by atoms with Gasteiger partial charge in [-0.25, -0.2) is 9.69 Å². The van der Waals surface area contributed by atoms with Crippen molar-refractivity contribution in [3.05, 3.63) is 96.4 Å². The van der Waals surface area contributed by atoms with Crippen molar-refractivity contribution in [1.29, 1.82) is 0 Å². The Balaban J connectivity index is 1.11. The summed E-state index contributed by atoms with van der Waals surface area (Å²) in [7, 11) is 0. The minimum Gasteiger partial charge on any atom is -0.486 e. The predicted octanol–water partition coefficient (Wildman–Crippen LogP) is 9.12. The van der Waals surface area contributed by atoms with E-state index in [0.29, 0.717) is 31.5 Å². The Morgan fingerprint density at radius 3 is 2.16 bits per heavy atom. The van der Waals surface area contributed by atoms with Crippen LogP contribution in [0.2, 0.25) is 15.1 Å². The number of carbonyl (C=O) groups is 3. The molecule has 1 saturated heterocycles. The standard InChI is InChI=1S/C34H28BrCl3N2O4/c35-27-11-18(12-29(38)30(27)44-17-22-1-4-24(36)13-28(22)37)10-26-31(41)39-33(43)40(32(26)42)25-5-2-23(3-6-25)34-14-19-7-20(15-34)9-21(8-19)16-34/h1-6,10-13,19-21H,7-9,14-17H2,(H,39,41,43)/b26-10+. The molecule has 1 N–H and O–H groups in total. The fourth-order valence-electron chi connectivity index (χ4n) is 8.08. The zero-order valence-corrected chi connectivity index (χ0v) is 27.4. The maximum absolute atomic E-state index is 13.6. The van der Waals surface area contributed by atoms with Gasteiger partial charge in [-0.2, -0.15) is 0 Å². The van der Waals surface area contributed by atoms with Crippen molar-refractivity contribution in [3.63, 3.8) is 0 Å². The highest BCUT2D eigenvalue weighted by atomic mass is 79.9. The van der Waals surface area contributed by atoms with E-state index in [1.54, 1.807) is 30.3 Å². The molecule has 0 atom stereocenters. The maximum atomic E-state index is 13.6. The van der Waals surface area contributed by atoms with Gasteiger partial charge in [-0.15, -0.1) is 0 Å². The quantitative estimate of drug-likeness (QED) is 0.204. The largest absolute Gasteiger partial charge is 0.486 e. The number of benzene rings is 3. The smallest absolute Gasteiger partial charge is 0.335 e. The van der Waals surface area contributed by atoms with Gasteiger partial charge in [0.25, 0.3) is 11.8 Å². The summed E-state index contributed by atoms with van der Waals surface area (Å²) in [6.45, 7) is 0.147. The Bertz CT molecular complexity index is 1680. The molecule has 0 radical (unpaired) electrons. The lowest BCUT2D eigenvalue weighted by Gasteiger charge is -2.57. The van der Waals surface area contributed by atoms with E-state index in [1.807, 2.05) is 12.1 Å². The number of carbonyl (C=O) groups excluding carboxylic acids is 3. The molecule has 8 rings (SSSR count). The molecule has 44 heavy (non-hydrogen) atoms. The van der Waals surface area contributed by atoms with Crippen molar-refractivity contribution in [3.8, 4) is 5.75 Å². The number of urea groups is 1. The van der Waals surface area contributed by atoms with Gasteiger partial charge < -0.3 is 4.74 Å². The molecule has 4 bridgehead atoms. The van der Waals surface area contributed by atoms with Crippen molar-refractivity contribution >= 4 is 80.3 Å². The number of amides is 4. The number of hydrogen-bond donors (Lipinski definition) is 1. The van der Waals surface area contributed by atoms with Gasteiger partial charge in [-0.1, -0.05) is 53.0 Å². The first-order chi connectivity index (χ1) is 21.1. The fraction of sp³-hybridized carbons (Fsp3) is 0.324. The summed E-state index contributed by atoms with van der Waals surface area (Å²) < 4.78 is 6.42. The minimum absolute atomic E-state index is 0.147. The van der Waals surface area contributed by atoms with Gasteiger partial charge in [0.15, 0.2) is 5.75 Å². The van der Waals surface area contributed by atoms with E-state index in [4.69, 9.17) is 39.5 Å². The summed E-state index contributed by atoms with van der Waals surface area (Å²) in [4.78, 5) is 40.3. The maximum Gasteiger partial charge on any atom is 0.335 e. The fourth-order valence-corrected chi connectivity index (χ4v) is 9.53. The molecule has 1 heterocycles. The molecule has 4 saturated carbocycles. The lowest BCUT2D eigenvalue weighted by atomic mass is 9.48. The molecule has 4 aliphatic carbocycles. The Hall–Kier alpha value is -2.84. The molecular formula is C34H28BrCl3N2O4. The first kappa shape index (κ1) is 29.8. The van der Waals surface area contributed by atoms with Gasteiger partial charge >= 0.3 is 6.03 Å². The van der Waals surface area contributed by atoms with Crippen LogP contribution < -0.4 is 15.0 Å². The summed E-state index contributed by atoms with van der Waals surface area (Å²) in [5.41, 5.74) is 2.93. The van der Waals surface area contributed by atoms with Gasteiger partial charge in [-0.05, 0) is 131 Å². The van der Waals surface area contributed by atoms with E-state index in [-0.39, 0.29) is 22.6 Å². The third-order valence-electron chi connectivity index (χ3n) is 9.60. The zero-order valence-electron chi connectivity index (χ0n) is 23.5. The Morgan fingerprint density at radius 2 is 1.55 bits per heavy atom. The van der Waals surface area contributed by atoms with Gasteiger partial charge in [0.05, 0.1) is 15.2 Å². The lowest BCUT2D eigenvalue weighted by molar-refractivity contribution is -0.122. The number of nitrogens with zero attached hydrogens (tertiary/aromatic N) is 1. The van der Waals surface area contributed by atoms with Crippen LogP contribution in [0.3, 0.4) is 0 Å². The highest BCUT2D eigenvalue weighted by Gasteiger charge is 2.51. The first-order valence-electron chi connectivity index (χ1n) is 14.7. The van der Waals surface area contributed by atoms with Gasteiger partial charge in [0, 0.05) is 15.6 Å². The summed E-state index contributed by atoms with van der Waals surface area (Å²) >= 11 is 22.3. The van der Waals surface area contributed by atoms with Crippen molar-refractivity contribution in [2.24, 2.45) is 17.8 Å². The van der Waals surface area contributed by atoms with E-state index < -0.39 is 17.8 Å². The number of barbiturate groups is 1. The van der Waals surface area contributed by atoms with Crippen LogP contribution in [0.5, 0.6) is 5.75 Å². The van der Waals surface area contributed by atoms with E-state index in [2.05, 4.69) is 33.4 Å². The predicted molar refractivity (Wildman–Crippen MR) is 175 cm³/mol. The molecule has 0 unspecified atom stereocenters. The molecule has 3 aromatic carbocycles. The second-order valence-corrected chi connectivity index (χ2v) is 14.6. The Morgan fingerprint density at radius 1 is 0.886 bits per heavy atom. The molecule has 5 aliphatic rings. The molecule has 0 spiro atoms. The number of nitrogens with one attached hydrogen (secondary N) is 1. The summed E-state index contributed by atoms with van der Waals surface area (Å²) in [5.74, 6) is 1.33. The molecule has 1 aliphatic heterocycles. The van der Waals surface area contributed by atoms with Crippen LogP contribution in [0.15, 0.2) is 64.6 Å². The van der Waals surface area contributed by atoms with Crippen LogP contribution in [-0.4, -0.2) is 17.8 Å². The Labute approximate surface area is 278 Å². The number of hydrogen-bond acceptors (Lipinski definition) is 4. The molecule has 5 fully saturated rings. The Kier molecular flexibility index (Phi) is 7.81. The molecule has 226 valence electrons. The van der Waals surface area contributed by atoms with Crippen molar-refractivity contribution in [2.45, 2.75) is 50.5 Å². The topological polar surface area (TPSA) is 75.7 Å². The molecule has 6 nitrogen and oxygen atoms in total. The molecule has 3 aromatic rings. The van der Waals surface area contributed by atoms with Crippen LogP contribution in [-0.2, 0) is 21.6 Å². The average Bonchev–Trinajstić information content (AvgIpc) is 2.95. The summed E-state index contributed by atoms with van der Waals surface area (Å²) in [5, 5.41) is 3.55. The highest BCUT2D eigenvalue weighted by molar-refractivity contribution is 9.10. The van der Waals surface area contributed by atoms with Crippen LogP contribution in [0, 0.1) is 17.8 Å². The molecule has 10 heteroatoms. The molecular weight excluding hydrogens is 687 g/mol. The molecule has 4 amide bonds. The highest BCUT2D eigenvalue weighted by Crippen LogP contribution is 2.60. The molecule has 0 aromatic heterocycles. The first-order valence-corrected chi connectivity index (χ1v) is 16.6. The van der Waals surface area contributed by atoms with Crippen molar-refractivity contribution in [1.82, 2.24) is 5.32 Å². The number of ether oxygens (including phenoxy) is 1. The van der Waals surface area contributed by atoms with E-state index in [0.717, 1.165) is 28.2 Å². The monoisotopic (exact) mass is 712 g/mol. The minimum atomic E-state index is -0.775. The zero-order chi connectivity index (χ0) is 30.7. The SMILES string of the molecule is O=C1NC(=O)N(c2ccc(C34CC5CC(CC(C5)C3)C4)cc2)C(=O)/C1=C/c1cc(Cl)c(OCc2ccc(Cl)cc2Cl)c(Br)c1. The second-order valence-electron chi connectivity index (χ2n) is 12.5. The number of rotatable bonds is 6. The third-order valence-corrected chi connectivity index (χ3v) is 11.1. The summed E-state index contributed by atoms with van der Waals surface area (Å²) in [6, 6.07) is 15.4. The van der Waals surface area contributed by atoms with Crippen LogP contribution in [0.25, 0.3) is 6.08 Å². The van der Waals surface area contributed by atoms with E-state index >= 15 is 0 Å². The normalized spacial score (nSPS) is 26.8. The number of imide groups is 2.